The molecule has 1 saturated carbocycles. The van der Waals surface area contributed by atoms with Crippen LogP contribution in [0.2, 0.25) is 0 Å². The maximum absolute atomic E-state index is 12.8. The quantitative estimate of drug-likeness (QED) is 0.862. The van der Waals surface area contributed by atoms with Crippen molar-refractivity contribution >= 4 is 10.0 Å². The van der Waals surface area contributed by atoms with E-state index in [4.69, 9.17) is 5.26 Å². The second-order valence-electron chi connectivity index (χ2n) is 5.94. The Labute approximate surface area is 127 Å². The molecule has 2 atom stereocenters. The highest BCUT2D eigenvalue weighted by Crippen LogP contribution is 2.31. The van der Waals surface area contributed by atoms with Crippen molar-refractivity contribution in [1.82, 2.24) is 4.31 Å². The van der Waals surface area contributed by atoms with Gasteiger partial charge in [0.15, 0.2) is 0 Å². The summed E-state index contributed by atoms with van der Waals surface area (Å²) in [6, 6.07) is 6.85. The Balaban J connectivity index is 2.33. The predicted octanol–water partition coefficient (Wildman–Crippen LogP) is 3.07. The van der Waals surface area contributed by atoms with Gasteiger partial charge >= 0.3 is 0 Å². The first kappa shape index (κ1) is 16.0. The molecule has 4 nitrogen and oxygen atoms in total. The lowest BCUT2D eigenvalue weighted by Crippen LogP contribution is -2.42. The fourth-order valence-electron chi connectivity index (χ4n) is 3.10. The van der Waals surface area contributed by atoms with Crippen LogP contribution in [-0.4, -0.2) is 25.8 Å². The van der Waals surface area contributed by atoms with Crippen LogP contribution in [0, 0.1) is 24.2 Å². The van der Waals surface area contributed by atoms with Gasteiger partial charge in [0.05, 0.1) is 16.5 Å². The predicted molar refractivity (Wildman–Crippen MR) is 82.3 cm³/mol. The standard InChI is InChI=1S/C16H22N2O2S/c1-12-6-4-5-7-16(12)18(3)21(19,20)15-9-8-14(11-17)13(2)10-15/h8-10,12,16H,4-7H2,1-3H3. The van der Waals surface area contributed by atoms with Crippen molar-refractivity contribution < 1.29 is 8.42 Å². The summed E-state index contributed by atoms with van der Waals surface area (Å²) in [6.07, 6.45) is 4.27. The van der Waals surface area contributed by atoms with Gasteiger partial charge in [0.1, 0.15) is 0 Å². The van der Waals surface area contributed by atoms with Gasteiger partial charge in [0.25, 0.3) is 0 Å². The molecule has 0 spiro atoms. The Kier molecular flexibility index (Phi) is 4.70. The summed E-state index contributed by atoms with van der Waals surface area (Å²) >= 11 is 0. The van der Waals surface area contributed by atoms with Crippen LogP contribution in [-0.2, 0) is 10.0 Å². The number of sulfonamides is 1. The van der Waals surface area contributed by atoms with Crippen LogP contribution in [0.25, 0.3) is 0 Å². The molecule has 0 saturated heterocycles. The first-order valence-corrected chi connectivity index (χ1v) is 8.80. The summed E-state index contributed by atoms with van der Waals surface area (Å²) in [4.78, 5) is 0.277. The second-order valence-corrected chi connectivity index (χ2v) is 7.94. The van der Waals surface area contributed by atoms with E-state index in [9.17, 15) is 8.42 Å². The molecule has 0 heterocycles. The molecule has 0 radical (unpaired) electrons. The number of nitrogens with zero attached hydrogens (tertiary/aromatic N) is 2. The molecule has 1 aliphatic rings. The lowest BCUT2D eigenvalue weighted by molar-refractivity contribution is 0.213. The summed E-state index contributed by atoms with van der Waals surface area (Å²) < 4.78 is 27.1. The molecule has 21 heavy (non-hydrogen) atoms. The molecule has 1 aromatic rings. The Hall–Kier alpha value is -1.38. The van der Waals surface area contributed by atoms with Gasteiger partial charge < -0.3 is 0 Å². The van der Waals surface area contributed by atoms with Crippen molar-refractivity contribution in [2.45, 2.75) is 50.5 Å². The Bertz CT molecular complexity index is 661. The summed E-state index contributed by atoms with van der Waals surface area (Å²) in [5.41, 5.74) is 1.21. The van der Waals surface area contributed by atoms with E-state index in [0.29, 0.717) is 17.0 Å². The first-order valence-electron chi connectivity index (χ1n) is 7.36. The minimum atomic E-state index is -3.50. The third kappa shape index (κ3) is 3.12. The van der Waals surface area contributed by atoms with Crippen molar-refractivity contribution in [3.8, 4) is 6.07 Å². The van der Waals surface area contributed by atoms with Gasteiger partial charge in [0.2, 0.25) is 10.0 Å². The van der Waals surface area contributed by atoms with Crippen molar-refractivity contribution in [2.24, 2.45) is 5.92 Å². The van der Waals surface area contributed by atoms with Crippen LogP contribution in [0.3, 0.4) is 0 Å². The Morgan fingerprint density at radius 1 is 1.29 bits per heavy atom. The van der Waals surface area contributed by atoms with E-state index in [-0.39, 0.29) is 10.9 Å². The van der Waals surface area contributed by atoms with Crippen LogP contribution < -0.4 is 0 Å². The molecule has 2 unspecified atom stereocenters. The van der Waals surface area contributed by atoms with E-state index in [2.05, 4.69) is 13.0 Å². The zero-order chi connectivity index (χ0) is 15.6. The molecular weight excluding hydrogens is 284 g/mol. The molecule has 114 valence electrons. The highest BCUT2D eigenvalue weighted by Gasteiger charge is 2.33. The van der Waals surface area contributed by atoms with Crippen LogP contribution in [0.4, 0.5) is 0 Å². The van der Waals surface area contributed by atoms with E-state index in [1.54, 1.807) is 26.1 Å². The van der Waals surface area contributed by atoms with Crippen molar-refractivity contribution in [1.29, 1.82) is 5.26 Å². The lowest BCUT2D eigenvalue weighted by Gasteiger charge is -2.35. The van der Waals surface area contributed by atoms with E-state index in [0.717, 1.165) is 19.3 Å². The van der Waals surface area contributed by atoms with Gasteiger partial charge in [-0.2, -0.15) is 9.57 Å². The highest BCUT2D eigenvalue weighted by atomic mass is 32.2. The monoisotopic (exact) mass is 306 g/mol. The maximum atomic E-state index is 12.8. The number of hydrogen-bond donors (Lipinski definition) is 0. The molecule has 0 N–H and O–H groups in total. The van der Waals surface area contributed by atoms with Crippen LogP contribution in [0.1, 0.15) is 43.7 Å². The van der Waals surface area contributed by atoms with Crippen molar-refractivity contribution in [2.75, 3.05) is 7.05 Å². The Morgan fingerprint density at radius 3 is 2.52 bits per heavy atom. The van der Waals surface area contributed by atoms with Crippen molar-refractivity contribution in [3.63, 3.8) is 0 Å². The fourth-order valence-corrected chi connectivity index (χ4v) is 4.67. The minimum absolute atomic E-state index is 0.0692. The highest BCUT2D eigenvalue weighted by molar-refractivity contribution is 7.89. The average Bonchev–Trinajstić information content (AvgIpc) is 2.47. The third-order valence-electron chi connectivity index (χ3n) is 4.53. The average molecular weight is 306 g/mol. The van der Waals surface area contributed by atoms with E-state index in [1.807, 2.05) is 0 Å². The molecular formula is C16H22N2O2S. The van der Waals surface area contributed by atoms with Gasteiger partial charge in [-0.3, -0.25) is 0 Å². The molecule has 0 aliphatic heterocycles. The summed E-state index contributed by atoms with van der Waals surface area (Å²) in [6.45, 7) is 3.89. The SMILES string of the molecule is Cc1cc(S(=O)(=O)N(C)C2CCCCC2C)ccc1C#N. The van der Waals surface area contributed by atoms with Crippen LogP contribution in [0.5, 0.6) is 0 Å². The second kappa shape index (κ2) is 6.17. The Morgan fingerprint density at radius 2 is 1.95 bits per heavy atom. The zero-order valence-electron chi connectivity index (χ0n) is 12.8. The van der Waals surface area contributed by atoms with E-state index >= 15 is 0 Å². The van der Waals surface area contributed by atoms with E-state index < -0.39 is 10.0 Å². The van der Waals surface area contributed by atoms with Gasteiger partial charge in [0, 0.05) is 13.1 Å². The zero-order valence-corrected chi connectivity index (χ0v) is 13.7. The molecule has 1 aromatic carbocycles. The first-order chi connectivity index (χ1) is 9.87. The summed E-state index contributed by atoms with van der Waals surface area (Å²) in [7, 11) is -1.82. The number of benzene rings is 1. The number of nitriles is 1. The third-order valence-corrected chi connectivity index (χ3v) is 6.41. The minimum Gasteiger partial charge on any atom is -0.207 e. The number of aryl methyl sites for hydroxylation is 1. The normalized spacial score (nSPS) is 23.0. The van der Waals surface area contributed by atoms with Gasteiger partial charge in [-0.15, -0.1) is 0 Å². The topological polar surface area (TPSA) is 61.2 Å². The van der Waals surface area contributed by atoms with Gasteiger partial charge in [-0.1, -0.05) is 19.8 Å². The van der Waals surface area contributed by atoms with Gasteiger partial charge in [-0.25, -0.2) is 8.42 Å². The van der Waals surface area contributed by atoms with Crippen molar-refractivity contribution in [3.05, 3.63) is 29.3 Å². The molecule has 0 bridgehead atoms. The largest absolute Gasteiger partial charge is 0.243 e. The molecule has 2 rings (SSSR count). The smallest absolute Gasteiger partial charge is 0.207 e. The van der Waals surface area contributed by atoms with Crippen LogP contribution in [0.15, 0.2) is 23.1 Å². The molecule has 0 amide bonds. The number of hydrogen-bond acceptors (Lipinski definition) is 3. The maximum Gasteiger partial charge on any atom is 0.243 e. The van der Waals surface area contributed by atoms with E-state index in [1.165, 1.54) is 16.8 Å². The summed E-state index contributed by atoms with van der Waals surface area (Å²) in [5, 5.41) is 8.95. The summed E-state index contributed by atoms with van der Waals surface area (Å²) in [5.74, 6) is 0.387. The molecule has 1 aliphatic carbocycles. The molecule has 5 heteroatoms. The molecule has 1 fully saturated rings. The van der Waals surface area contributed by atoms with Crippen LogP contribution >= 0.6 is 0 Å². The number of rotatable bonds is 3. The molecule has 0 aromatic heterocycles. The lowest BCUT2D eigenvalue weighted by atomic mass is 9.86. The fraction of sp³-hybridized carbons (Fsp3) is 0.562. The van der Waals surface area contributed by atoms with Gasteiger partial charge in [-0.05, 0) is 49.4 Å².